The summed E-state index contributed by atoms with van der Waals surface area (Å²) in [6.45, 7) is 8.55. The lowest BCUT2D eigenvalue weighted by Gasteiger charge is -2.32. The number of amides is 1. The average Bonchev–Trinajstić information content (AvgIpc) is 2.52. The number of rotatable bonds is 6. The van der Waals surface area contributed by atoms with Crippen molar-refractivity contribution in [1.29, 1.82) is 0 Å². The van der Waals surface area contributed by atoms with Crippen LogP contribution in [-0.2, 0) is 7.05 Å². The van der Waals surface area contributed by atoms with Crippen LogP contribution in [0.4, 0.5) is 5.82 Å². The first-order chi connectivity index (χ1) is 8.70. The Morgan fingerprint density at radius 1 is 1.53 bits per heavy atom. The molecule has 1 aromatic heterocycles. The Balaban J connectivity index is 3.13. The molecule has 0 aliphatic carbocycles. The zero-order valence-electron chi connectivity index (χ0n) is 12.4. The maximum Gasteiger partial charge on any atom is 0.254 e. The summed E-state index contributed by atoms with van der Waals surface area (Å²) in [5, 5.41) is 7.59. The van der Waals surface area contributed by atoms with Crippen LogP contribution >= 0.6 is 0 Å². The standard InChI is InChI=1S/C13H25N5O/c1-8(2)6-13(4,7-14)16-12-10(11(15)19)9(3)17-18(12)5/h8,16H,6-7,14H2,1-5H3,(H2,15,19). The highest BCUT2D eigenvalue weighted by Gasteiger charge is 2.28. The van der Waals surface area contributed by atoms with Crippen molar-refractivity contribution in [2.75, 3.05) is 11.9 Å². The minimum Gasteiger partial charge on any atom is -0.365 e. The van der Waals surface area contributed by atoms with Gasteiger partial charge >= 0.3 is 0 Å². The largest absolute Gasteiger partial charge is 0.365 e. The second-order valence-electron chi connectivity index (χ2n) is 5.78. The van der Waals surface area contributed by atoms with Gasteiger partial charge in [-0.15, -0.1) is 0 Å². The first kappa shape index (κ1) is 15.5. The van der Waals surface area contributed by atoms with Gasteiger partial charge in [0.15, 0.2) is 0 Å². The van der Waals surface area contributed by atoms with Crippen molar-refractivity contribution in [1.82, 2.24) is 9.78 Å². The molecule has 1 amide bonds. The van der Waals surface area contributed by atoms with E-state index in [1.807, 2.05) is 6.92 Å². The number of carbonyl (C=O) groups is 1. The summed E-state index contributed by atoms with van der Waals surface area (Å²) in [5.41, 5.74) is 12.1. The summed E-state index contributed by atoms with van der Waals surface area (Å²) in [5.74, 6) is 0.656. The zero-order chi connectivity index (χ0) is 14.8. The van der Waals surface area contributed by atoms with Crippen LogP contribution < -0.4 is 16.8 Å². The fraction of sp³-hybridized carbons (Fsp3) is 0.692. The number of nitrogens with one attached hydrogen (secondary N) is 1. The predicted octanol–water partition coefficient (Wildman–Crippen LogP) is 1.00. The molecule has 0 fully saturated rings. The topological polar surface area (TPSA) is 99.0 Å². The molecule has 0 aliphatic heterocycles. The van der Waals surface area contributed by atoms with Crippen LogP contribution in [0.3, 0.4) is 0 Å². The molecule has 6 nitrogen and oxygen atoms in total. The summed E-state index contributed by atoms with van der Waals surface area (Å²) in [7, 11) is 1.79. The molecule has 1 aromatic rings. The maximum absolute atomic E-state index is 11.5. The Bertz CT molecular complexity index is 466. The van der Waals surface area contributed by atoms with Gasteiger partial charge in [-0.3, -0.25) is 9.48 Å². The SMILES string of the molecule is Cc1nn(C)c(NC(C)(CN)CC(C)C)c1C(N)=O. The van der Waals surface area contributed by atoms with E-state index < -0.39 is 5.91 Å². The first-order valence-corrected chi connectivity index (χ1v) is 6.52. The Kier molecular flexibility index (Phi) is 4.57. The third-order valence-electron chi connectivity index (χ3n) is 3.20. The number of hydrogen-bond acceptors (Lipinski definition) is 4. The van der Waals surface area contributed by atoms with Crippen molar-refractivity contribution in [3.05, 3.63) is 11.3 Å². The quantitative estimate of drug-likeness (QED) is 0.716. The van der Waals surface area contributed by atoms with Crippen LogP contribution in [0.5, 0.6) is 0 Å². The Morgan fingerprint density at radius 2 is 2.11 bits per heavy atom. The second-order valence-corrected chi connectivity index (χ2v) is 5.78. The number of primary amides is 1. The van der Waals surface area contributed by atoms with Crippen molar-refractivity contribution >= 4 is 11.7 Å². The normalized spacial score (nSPS) is 14.5. The highest BCUT2D eigenvalue weighted by molar-refractivity contribution is 5.99. The van der Waals surface area contributed by atoms with Crippen LogP contribution in [0.15, 0.2) is 0 Å². The van der Waals surface area contributed by atoms with Crippen LogP contribution in [0.1, 0.15) is 43.2 Å². The average molecular weight is 267 g/mol. The maximum atomic E-state index is 11.5. The third kappa shape index (κ3) is 3.47. The van der Waals surface area contributed by atoms with Gasteiger partial charge in [-0.05, 0) is 26.2 Å². The molecule has 0 aromatic carbocycles. The van der Waals surface area contributed by atoms with Crippen molar-refractivity contribution in [3.8, 4) is 0 Å². The number of hydrogen-bond donors (Lipinski definition) is 3. The van der Waals surface area contributed by atoms with Crippen molar-refractivity contribution in [2.45, 2.75) is 39.7 Å². The number of anilines is 1. The Hall–Kier alpha value is -1.56. The number of nitrogens with zero attached hydrogens (tertiary/aromatic N) is 2. The van der Waals surface area contributed by atoms with Crippen molar-refractivity contribution in [2.24, 2.45) is 24.4 Å². The smallest absolute Gasteiger partial charge is 0.254 e. The molecule has 0 radical (unpaired) electrons. The first-order valence-electron chi connectivity index (χ1n) is 6.52. The zero-order valence-corrected chi connectivity index (χ0v) is 12.4. The molecule has 0 spiro atoms. The van der Waals surface area contributed by atoms with Crippen LogP contribution in [0, 0.1) is 12.8 Å². The van der Waals surface area contributed by atoms with Crippen molar-refractivity contribution in [3.63, 3.8) is 0 Å². The molecular weight excluding hydrogens is 242 g/mol. The molecule has 0 aliphatic rings. The third-order valence-corrected chi connectivity index (χ3v) is 3.20. The number of aryl methyl sites for hydroxylation is 2. The van der Waals surface area contributed by atoms with E-state index >= 15 is 0 Å². The predicted molar refractivity (Wildman–Crippen MR) is 77.0 cm³/mol. The summed E-state index contributed by atoms with van der Waals surface area (Å²) < 4.78 is 1.64. The van der Waals surface area contributed by atoms with Gasteiger partial charge in [-0.2, -0.15) is 5.10 Å². The van der Waals surface area contributed by atoms with E-state index in [0.717, 1.165) is 6.42 Å². The molecule has 0 saturated heterocycles. The molecule has 1 rings (SSSR count). The highest BCUT2D eigenvalue weighted by Crippen LogP contribution is 2.25. The van der Waals surface area contributed by atoms with Gasteiger partial charge in [0.25, 0.3) is 5.91 Å². The van der Waals surface area contributed by atoms with E-state index in [9.17, 15) is 4.79 Å². The van der Waals surface area contributed by atoms with E-state index in [1.54, 1.807) is 18.7 Å². The second kappa shape index (κ2) is 5.61. The molecular formula is C13H25N5O. The molecule has 5 N–H and O–H groups in total. The molecule has 19 heavy (non-hydrogen) atoms. The lowest BCUT2D eigenvalue weighted by atomic mass is 9.90. The van der Waals surface area contributed by atoms with Gasteiger partial charge in [0, 0.05) is 19.1 Å². The fourth-order valence-corrected chi connectivity index (χ4v) is 2.47. The molecule has 0 bridgehead atoms. The van der Waals surface area contributed by atoms with E-state index in [4.69, 9.17) is 11.5 Å². The summed E-state index contributed by atoms with van der Waals surface area (Å²) >= 11 is 0. The van der Waals surface area contributed by atoms with Crippen molar-refractivity contribution < 1.29 is 4.79 Å². The van der Waals surface area contributed by atoms with E-state index in [0.29, 0.717) is 29.5 Å². The van der Waals surface area contributed by atoms with Gasteiger partial charge in [0.05, 0.1) is 5.69 Å². The molecule has 1 heterocycles. The summed E-state index contributed by atoms with van der Waals surface area (Å²) in [4.78, 5) is 11.5. The monoisotopic (exact) mass is 267 g/mol. The Morgan fingerprint density at radius 3 is 2.53 bits per heavy atom. The highest BCUT2D eigenvalue weighted by atomic mass is 16.1. The minimum atomic E-state index is -0.475. The van der Waals surface area contributed by atoms with Gasteiger partial charge in [-0.25, -0.2) is 0 Å². The number of aromatic nitrogens is 2. The van der Waals surface area contributed by atoms with Gasteiger partial charge < -0.3 is 16.8 Å². The molecule has 108 valence electrons. The minimum absolute atomic E-state index is 0.293. The van der Waals surface area contributed by atoms with E-state index in [-0.39, 0.29) is 5.54 Å². The lowest BCUT2D eigenvalue weighted by Crippen LogP contribution is -2.44. The molecule has 1 unspecified atom stereocenters. The lowest BCUT2D eigenvalue weighted by molar-refractivity contribution is 0.100. The van der Waals surface area contributed by atoms with E-state index in [2.05, 4.69) is 24.3 Å². The molecule has 1 atom stereocenters. The summed E-state index contributed by atoms with van der Waals surface area (Å²) in [6, 6.07) is 0. The van der Waals surface area contributed by atoms with Gasteiger partial charge in [0.1, 0.15) is 11.4 Å². The van der Waals surface area contributed by atoms with Gasteiger partial charge in [0.2, 0.25) is 0 Å². The van der Waals surface area contributed by atoms with E-state index in [1.165, 1.54) is 0 Å². The van der Waals surface area contributed by atoms with Gasteiger partial charge in [-0.1, -0.05) is 13.8 Å². The van der Waals surface area contributed by atoms with Crippen LogP contribution in [0.25, 0.3) is 0 Å². The molecule has 6 heteroatoms. The Labute approximate surface area is 114 Å². The molecule has 0 saturated carbocycles. The van der Waals surface area contributed by atoms with Crippen LogP contribution in [0.2, 0.25) is 0 Å². The fourth-order valence-electron chi connectivity index (χ4n) is 2.47. The van der Waals surface area contributed by atoms with Crippen LogP contribution in [-0.4, -0.2) is 27.8 Å². The number of carbonyl (C=O) groups excluding carboxylic acids is 1. The number of nitrogens with two attached hydrogens (primary N) is 2. The summed E-state index contributed by atoms with van der Waals surface area (Å²) in [6.07, 6.45) is 0.895.